The number of hydrogen-bond donors (Lipinski definition) is 1. The van der Waals surface area contributed by atoms with E-state index < -0.39 is 0 Å². The number of piperidine rings is 1. The zero-order valence-corrected chi connectivity index (χ0v) is 17.0. The fourth-order valence-corrected chi connectivity index (χ4v) is 3.64. The van der Waals surface area contributed by atoms with Gasteiger partial charge in [0, 0.05) is 45.1 Å². The van der Waals surface area contributed by atoms with Gasteiger partial charge in [0.2, 0.25) is 17.7 Å². The Balaban J connectivity index is 1.45. The van der Waals surface area contributed by atoms with E-state index in [1.165, 1.54) is 0 Å². The molecule has 3 heterocycles. The lowest BCUT2D eigenvalue weighted by Gasteiger charge is -2.29. The van der Waals surface area contributed by atoms with Crippen LogP contribution >= 0.6 is 0 Å². The van der Waals surface area contributed by atoms with Gasteiger partial charge < -0.3 is 14.7 Å². The lowest BCUT2D eigenvalue weighted by molar-refractivity contribution is -0.129. The van der Waals surface area contributed by atoms with Crippen LogP contribution in [-0.4, -0.2) is 49.7 Å². The smallest absolute Gasteiger partial charge is 0.246 e. The number of carbonyl (C=O) groups excluding carboxylic acids is 2. The molecule has 2 aromatic heterocycles. The summed E-state index contributed by atoms with van der Waals surface area (Å²) in [6, 6.07) is 0. The van der Waals surface area contributed by atoms with E-state index in [-0.39, 0.29) is 24.3 Å². The molecule has 2 aromatic rings. The molecule has 0 bridgehead atoms. The summed E-state index contributed by atoms with van der Waals surface area (Å²) in [4.78, 5) is 29.8. The summed E-state index contributed by atoms with van der Waals surface area (Å²) in [6.45, 7) is 7.21. The van der Waals surface area contributed by atoms with Crippen LogP contribution in [0.2, 0.25) is 0 Å². The van der Waals surface area contributed by atoms with Crippen molar-refractivity contribution in [1.29, 1.82) is 0 Å². The first-order valence-corrected chi connectivity index (χ1v) is 9.69. The van der Waals surface area contributed by atoms with E-state index in [2.05, 4.69) is 20.6 Å². The van der Waals surface area contributed by atoms with Gasteiger partial charge in [-0.3, -0.25) is 14.3 Å². The highest BCUT2D eigenvalue weighted by atomic mass is 16.5. The van der Waals surface area contributed by atoms with Crippen LogP contribution in [0, 0.1) is 13.8 Å². The third kappa shape index (κ3) is 4.58. The molecule has 152 valence electrons. The van der Waals surface area contributed by atoms with Crippen LogP contribution in [0.25, 0.3) is 0 Å². The van der Waals surface area contributed by atoms with Gasteiger partial charge in [-0.25, -0.2) is 0 Å². The predicted octanol–water partition coefficient (Wildman–Crippen LogP) is 1.39. The molecule has 9 heteroatoms. The van der Waals surface area contributed by atoms with E-state index >= 15 is 0 Å². The maximum atomic E-state index is 12.2. The molecule has 9 nitrogen and oxygen atoms in total. The first kappa shape index (κ1) is 20.0. The minimum absolute atomic E-state index is 0.0582. The second-order valence-electron chi connectivity index (χ2n) is 7.38. The third-order valence-corrected chi connectivity index (χ3v) is 5.49. The normalized spacial score (nSPS) is 15.1. The van der Waals surface area contributed by atoms with Gasteiger partial charge in [0.1, 0.15) is 0 Å². The molecule has 0 aliphatic carbocycles. The van der Waals surface area contributed by atoms with E-state index in [9.17, 15) is 9.59 Å². The van der Waals surface area contributed by atoms with E-state index in [0.29, 0.717) is 37.6 Å². The van der Waals surface area contributed by atoms with Crippen molar-refractivity contribution in [3.05, 3.63) is 28.7 Å². The Kier molecular flexibility index (Phi) is 6.11. The zero-order valence-electron chi connectivity index (χ0n) is 17.0. The summed E-state index contributed by atoms with van der Waals surface area (Å²) < 4.78 is 7.11. The highest BCUT2D eigenvalue weighted by molar-refractivity contribution is 5.76. The highest BCUT2D eigenvalue weighted by Crippen LogP contribution is 2.25. The Morgan fingerprint density at radius 2 is 1.96 bits per heavy atom. The molecule has 0 spiro atoms. The minimum atomic E-state index is -0.0582. The van der Waals surface area contributed by atoms with Gasteiger partial charge in [0.05, 0.1) is 12.2 Å². The van der Waals surface area contributed by atoms with Crippen molar-refractivity contribution < 1.29 is 14.1 Å². The van der Waals surface area contributed by atoms with Crippen LogP contribution in [0.15, 0.2) is 4.52 Å². The largest absolute Gasteiger partial charge is 0.347 e. The summed E-state index contributed by atoms with van der Waals surface area (Å²) in [6.07, 6.45) is 2.70. The Morgan fingerprint density at radius 1 is 1.25 bits per heavy atom. The number of aromatic nitrogens is 4. The molecule has 1 fully saturated rings. The number of nitrogens with zero attached hydrogens (tertiary/aromatic N) is 5. The van der Waals surface area contributed by atoms with Crippen molar-refractivity contribution in [3.63, 3.8) is 0 Å². The molecular weight excluding hydrogens is 360 g/mol. The Labute approximate surface area is 164 Å². The van der Waals surface area contributed by atoms with Gasteiger partial charge >= 0.3 is 0 Å². The first-order valence-electron chi connectivity index (χ1n) is 9.69. The summed E-state index contributed by atoms with van der Waals surface area (Å²) in [5.41, 5.74) is 3.17. The lowest BCUT2D eigenvalue weighted by atomic mass is 9.96. The average Bonchev–Trinajstić information content (AvgIpc) is 3.24. The van der Waals surface area contributed by atoms with Crippen molar-refractivity contribution in [1.82, 2.24) is 30.1 Å². The number of hydrogen-bond acceptors (Lipinski definition) is 6. The molecule has 1 N–H and O–H groups in total. The van der Waals surface area contributed by atoms with Gasteiger partial charge in [0.25, 0.3) is 0 Å². The molecule has 0 aromatic carbocycles. The molecular formula is C19H28N6O3. The summed E-state index contributed by atoms with van der Waals surface area (Å²) in [5.74, 6) is 1.31. The van der Waals surface area contributed by atoms with Crippen LogP contribution < -0.4 is 5.32 Å². The lowest BCUT2D eigenvalue weighted by Crippen LogP contribution is -2.36. The Bertz CT molecular complexity index is 848. The molecule has 1 saturated heterocycles. The van der Waals surface area contributed by atoms with E-state index in [1.54, 1.807) is 6.92 Å². The molecule has 0 unspecified atom stereocenters. The van der Waals surface area contributed by atoms with Gasteiger partial charge in [-0.2, -0.15) is 10.1 Å². The highest BCUT2D eigenvalue weighted by Gasteiger charge is 2.25. The number of amides is 2. The molecule has 1 aliphatic heterocycles. The molecule has 2 amide bonds. The van der Waals surface area contributed by atoms with Gasteiger partial charge in [0.15, 0.2) is 5.82 Å². The molecule has 0 radical (unpaired) electrons. The average molecular weight is 388 g/mol. The first-order chi connectivity index (χ1) is 13.3. The Morgan fingerprint density at radius 3 is 2.57 bits per heavy atom. The molecule has 0 saturated carbocycles. The van der Waals surface area contributed by atoms with Gasteiger partial charge in [-0.1, -0.05) is 5.16 Å². The third-order valence-electron chi connectivity index (χ3n) is 5.49. The molecule has 0 atom stereocenters. The van der Waals surface area contributed by atoms with Crippen molar-refractivity contribution in [2.75, 3.05) is 13.1 Å². The number of nitrogens with one attached hydrogen (secondary N) is 1. The summed E-state index contributed by atoms with van der Waals surface area (Å²) >= 11 is 0. The number of carbonyl (C=O) groups is 2. The quantitative estimate of drug-likeness (QED) is 0.802. The Hall–Kier alpha value is -2.71. The maximum Gasteiger partial charge on any atom is 0.246 e. The number of aryl methyl sites for hydroxylation is 2. The fourth-order valence-electron chi connectivity index (χ4n) is 3.64. The minimum Gasteiger partial charge on any atom is -0.347 e. The van der Waals surface area contributed by atoms with Crippen molar-refractivity contribution in [2.24, 2.45) is 7.05 Å². The van der Waals surface area contributed by atoms with E-state index in [0.717, 1.165) is 29.8 Å². The number of likely N-dealkylation sites (tertiary alicyclic amines) is 1. The van der Waals surface area contributed by atoms with Crippen molar-refractivity contribution in [2.45, 2.75) is 58.9 Å². The van der Waals surface area contributed by atoms with E-state index in [1.807, 2.05) is 30.5 Å². The summed E-state index contributed by atoms with van der Waals surface area (Å²) in [7, 11) is 1.91. The van der Waals surface area contributed by atoms with E-state index in [4.69, 9.17) is 4.52 Å². The van der Waals surface area contributed by atoms with Gasteiger partial charge in [-0.15, -0.1) is 0 Å². The SMILES string of the molecule is CC(=O)N1CCC(c2noc(CNC(=O)CCc3c(C)nn(C)c3C)n2)CC1. The predicted molar refractivity (Wildman–Crippen MR) is 101 cm³/mol. The van der Waals surface area contributed by atoms with Gasteiger partial charge in [-0.05, 0) is 38.7 Å². The van der Waals surface area contributed by atoms with Crippen LogP contribution in [-0.2, 0) is 29.6 Å². The van der Waals surface area contributed by atoms with Crippen LogP contribution in [0.5, 0.6) is 0 Å². The van der Waals surface area contributed by atoms with Crippen LogP contribution in [0.1, 0.15) is 60.8 Å². The van der Waals surface area contributed by atoms with Crippen LogP contribution in [0.4, 0.5) is 0 Å². The summed E-state index contributed by atoms with van der Waals surface area (Å²) in [5, 5.41) is 11.3. The van der Waals surface area contributed by atoms with Crippen LogP contribution in [0.3, 0.4) is 0 Å². The standard InChI is InChI=1S/C19H28N6O3/c1-12-16(13(2)24(4)22-12)5-6-17(27)20-11-18-21-19(23-28-18)15-7-9-25(10-8-15)14(3)26/h15H,5-11H2,1-4H3,(H,20,27). The molecule has 28 heavy (non-hydrogen) atoms. The topological polar surface area (TPSA) is 106 Å². The second kappa shape index (κ2) is 8.53. The maximum absolute atomic E-state index is 12.2. The monoisotopic (exact) mass is 388 g/mol. The van der Waals surface area contributed by atoms with Crippen molar-refractivity contribution >= 4 is 11.8 Å². The fraction of sp³-hybridized carbons (Fsp3) is 0.632. The second-order valence-corrected chi connectivity index (χ2v) is 7.38. The number of rotatable bonds is 6. The molecule has 1 aliphatic rings. The zero-order chi connectivity index (χ0) is 20.3. The molecule has 3 rings (SSSR count). The van der Waals surface area contributed by atoms with Crippen molar-refractivity contribution in [3.8, 4) is 0 Å².